The number of aliphatic hydroxyl groups excluding tert-OH is 1. The summed E-state index contributed by atoms with van der Waals surface area (Å²) in [5.74, 6) is 0. The largest absolute Gasteiger partial charge is 0.383 e. The second-order valence-corrected chi connectivity index (χ2v) is 4.03. The fourth-order valence-corrected chi connectivity index (χ4v) is 2.57. The van der Waals surface area contributed by atoms with Crippen LogP contribution in [0.2, 0.25) is 0 Å². The highest BCUT2D eigenvalue weighted by atomic mass is 32.2. The van der Waals surface area contributed by atoms with E-state index in [4.69, 9.17) is 14.6 Å². The summed E-state index contributed by atoms with van der Waals surface area (Å²) >= 11 is 1.16. The van der Waals surface area contributed by atoms with Crippen molar-refractivity contribution in [3.63, 3.8) is 0 Å². The first kappa shape index (κ1) is 10.2. The molecule has 1 heterocycles. The minimum atomic E-state index is -1.31. The zero-order valence-corrected chi connectivity index (χ0v) is 7.88. The minimum absolute atomic E-state index is 0.106. The summed E-state index contributed by atoms with van der Waals surface area (Å²) in [6.45, 7) is 0.403. The Morgan fingerprint density at radius 2 is 2.17 bits per heavy atom. The summed E-state index contributed by atoms with van der Waals surface area (Å²) in [4.78, 5) is 0. The monoisotopic (exact) mass is 196 g/mol. The molecule has 0 spiro atoms. The molecule has 1 N–H and O–H groups in total. The van der Waals surface area contributed by atoms with Crippen molar-refractivity contribution < 1.29 is 19.0 Å². The Morgan fingerprint density at radius 3 is 2.67 bits per heavy atom. The molecule has 1 aliphatic rings. The molecule has 0 amide bonds. The van der Waals surface area contributed by atoms with E-state index in [9.17, 15) is 4.39 Å². The van der Waals surface area contributed by atoms with Crippen LogP contribution in [0.25, 0.3) is 0 Å². The highest BCUT2D eigenvalue weighted by molar-refractivity contribution is 8.00. The van der Waals surface area contributed by atoms with Crippen molar-refractivity contribution in [2.45, 2.75) is 23.0 Å². The number of ether oxygens (including phenoxy) is 2. The van der Waals surface area contributed by atoms with Gasteiger partial charge in [-0.1, -0.05) is 0 Å². The first-order valence-electron chi connectivity index (χ1n) is 3.70. The second kappa shape index (κ2) is 4.41. The van der Waals surface area contributed by atoms with E-state index in [-0.39, 0.29) is 5.25 Å². The molecule has 0 aromatic heterocycles. The van der Waals surface area contributed by atoms with Gasteiger partial charge in [-0.25, -0.2) is 4.39 Å². The third kappa shape index (κ3) is 1.90. The van der Waals surface area contributed by atoms with Crippen LogP contribution < -0.4 is 0 Å². The van der Waals surface area contributed by atoms with Crippen molar-refractivity contribution >= 4 is 11.8 Å². The number of alkyl halides is 1. The van der Waals surface area contributed by atoms with Gasteiger partial charge in [-0.15, -0.1) is 11.8 Å². The number of hydrogen-bond donors (Lipinski definition) is 1. The lowest BCUT2D eigenvalue weighted by Gasteiger charge is -2.16. The molecule has 0 bridgehead atoms. The standard InChI is InChI=1S/C7H13FO3S/c1-10-3-4-6(11-2)5(8)7(9)12-4/h4-7,9H,3H2,1-2H3/t4-,5-,6-,7?/m1/s1. The summed E-state index contributed by atoms with van der Waals surface area (Å²) in [6.07, 6.45) is -1.86. The highest BCUT2D eigenvalue weighted by Gasteiger charge is 2.43. The van der Waals surface area contributed by atoms with Gasteiger partial charge in [0.2, 0.25) is 0 Å². The van der Waals surface area contributed by atoms with Gasteiger partial charge < -0.3 is 14.6 Å². The fraction of sp³-hybridized carbons (Fsp3) is 1.00. The Kier molecular flexibility index (Phi) is 3.77. The predicted molar refractivity (Wildman–Crippen MR) is 45.0 cm³/mol. The van der Waals surface area contributed by atoms with Crippen molar-refractivity contribution in [1.29, 1.82) is 0 Å². The van der Waals surface area contributed by atoms with Gasteiger partial charge in [-0.3, -0.25) is 0 Å². The van der Waals surface area contributed by atoms with Crippen molar-refractivity contribution in [3.05, 3.63) is 0 Å². The van der Waals surface area contributed by atoms with Gasteiger partial charge in [0.15, 0.2) is 6.17 Å². The summed E-state index contributed by atoms with van der Waals surface area (Å²) in [6, 6.07) is 0. The Bertz CT molecular complexity index is 147. The number of halogens is 1. The third-order valence-electron chi connectivity index (χ3n) is 1.87. The molecule has 72 valence electrons. The number of rotatable bonds is 3. The molecule has 0 aliphatic carbocycles. The van der Waals surface area contributed by atoms with E-state index >= 15 is 0 Å². The average Bonchev–Trinajstić information content (AvgIpc) is 2.29. The topological polar surface area (TPSA) is 38.7 Å². The Labute approximate surface area is 75.2 Å². The van der Waals surface area contributed by atoms with E-state index in [1.807, 2.05) is 0 Å². The zero-order chi connectivity index (χ0) is 9.14. The summed E-state index contributed by atoms with van der Waals surface area (Å²) in [5.41, 5.74) is -0.977. The lowest BCUT2D eigenvalue weighted by Crippen LogP contribution is -2.33. The molecule has 1 aliphatic heterocycles. The number of hydrogen-bond acceptors (Lipinski definition) is 4. The van der Waals surface area contributed by atoms with Gasteiger partial charge >= 0.3 is 0 Å². The summed E-state index contributed by atoms with van der Waals surface area (Å²) in [7, 11) is 2.99. The molecular formula is C7H13FO3S. The quantitative estimate of drug-likeness (QED) is 0.710. The van der Waals surface area contributed by atoms with E-state index in [0.29, 0.717) is 6.61 Å². The molecule has 0 radical (unpaired) electrons. The summed E-state index contributed by atoms with van der Waals surface area (Å²) in [5, 5.41) is 9.04. The van der Waals surface area contributed by atoms with Gasteiger partial charge in [0, 0.05) is 14.2 Å². The number of aliphatic hydroxyl groups is 1. The maximum Gasteiger partial charge on any atom is 0.162 e. The van der Waals surface area contributed by atoms with Crippen LogP contribution in [-0.4, -0.2) is 48.9 Å². The average molecular weight is 196 g/mol. The van der Waals surface area contributed by atoms with Crippen LogP contribution in [0, 0.1) is 0 Å². The fourth-order valence-electron chi connectivity index (χ4n) is 1.28. The SMILES string of the molecule is COC[C@H]1SC(O)[C@H](F)[C@@H]1OC. The highest BCUT2D eigenvalue weighted by Crippen LogP contribution is 2.36. The first-order valence-corrected chi connectivity index (χ1v) is 4.64. The molecule has 1 fully saturated rings. The first-order chi connectivity index (χ1) is 5.70. The van der Waals surface area contributed by atoms with Crippen LogP contribution in [0.15, 0.2) is 0 Å². The molecule has 0 aromatic carbocycles. The Morgan fingerprint density at radius 1 is 1.50 bits per heavy atom. The van der Waals surface area contributed by atoms with Crippen molar-refractivity contribution in [1.82, 2.24) is 0 Å². The van der Waals surface area contributed by atoms with Crippen LogP contribution in [0.5, 0.6) is 0 Å². The normalized spacial score (nSPS) is 42.0. The lowest BCUT2D eigenvalue weighted by molar-refractivity contribution is -0.000875. The number of thioether (sulfide) groups is 1. The van der Waals surface area contributed by atoms with E-state index in [2.05, 4.69) is 0 Å². The van der Waals surface area contributed by atoms with E-state index in [1.54, 1.807) is 7.11 Å². The summed E-state index contributed by atoms with van der Waals surface area (Å²) < 4.78 is 22.9. The van der Waals surface area contributed by atoms with Gasteiger partial charge in [-0.2, -0.15) is 0 Å². The molecule has 12 heavy (non-hydrogen) atoms. The van der Waals surface area contributed by atoms with Crippen LogP contribution in [-0.2, 0) is 9.47 Å². The molecule has 1 saturated heterocycles. The van der Waals surface area contributed by atoms with Gasteiger partial charge in [0.25, 0.3) is 0 Å². The van der Waals surface area contributed by atoms with Gasteiger partial charge in [0.1, 0.15) is 11.5 Å². The predicted octanol–water partition coefficient (Wildman–Crippen LogP) is 0.420. The second-order valence-electron chi connectivity index (χ2n) is 2.67. The van der Waals surface area contributed by atoms with Crippen LogP contribution in [0.3, 0.4) is 0 Å². The van der Waals surface area contributed by atoms with Gasteiger partial charge in [-0.05, 0) is 0 Å². The molecule has 1 rings (SSSR count). The Balaban J connectivity index is 2.52. The van der Waals surface area contributed by atoms with E-state index < -0.39 is 17.7 Å². The maximum absolute atomic E-state index is 13.1. The maximum atomic E-state index is 13.1. The van der Waals surface area contributed by atoms with E-state index in [1.165, 1.54) is 7.11 Å². The van der Waals surface area contributed by atoms with Crippen LogP contribution in [0.1, 0.15) is 0 Å². The molecule has 4 atom stereocenters. The molecule has 0 aromatic rings. The van der Waals surface area contributed by atoms with Crippen LogP contribution in [0.4, 0.5) is 4.39 Å². The lowest BCUT2D eigenvalue weighted by atomic mass is 10.2. The zero-order valence-electron chi connectivity index (χ0n) is 7.07. The van der Waals surface area contributed by atoms with Crippen molar-refractivity contribution in [2.24, 2.45) is 0 Å². The van der Waals surface area contributed by atoms with E-state index in [0.717, 1.165) is 11.8 Å². The van der Waals surface area contributed by atoms with Crippen LogP contribution >= 0.6 is 11.8 Å². The van der Waals surface area contributed by atoms with Gasteiger partial charge in [0.05, 0.1) is 11.9 Å². The minimum Gasteiger partial charge on any atom is -0.383 e. The molecule has 5 heteroatoms. The molecule has 0 saturated carbocycles. The van der Waals surface area contributed by atoms with Crippen molar-refractivity contribution in [3.8, 4) is 0 Å². The molecule has 3 nitrogen and oxygen atoms in total. The molecule has 1 unspecified atom stereocenters. The van der Waals surface area contributed by atoms with Crippen molar-refractivity contribution in [2.75, 3.05) is 20.8 Å². The molecular weight excluding hydrogens is 183 g/mol. The number of methoxy groups -OCH3 is 2. The smallest absolute Gasteiger partial charge is 0.162 e. The Hall–Kier alpha value is 0.160. The third-order valence-corrected chi connectivity index (χ3v) is 3.16.